The second kappa shape index (κ2) is 8.48. The predicted octanol–water partition coefficient (Wildman–Crippen LogP) is 4.72. The van der Waals surface area contributed by atoms with Crippen LogP contribution in [0.2, 0.25) is 5.02 Å². The predicted molar refractivity (Wildman–Crippen MR) is 101 cm³/mol. The first-order valence-corrected chi connectivity index (χ1v) is 8.69. The molecule has 0 saturated carbocycles. The van der Waals surface area contributed by atoms with Crippen LogP contribution in [0.4, 0.5) is 8.78 Å². The van der Waals surface area contributed by atoms with Crippen LogP contribution in [0.1, 0.15) is 21.5 Å². The first-order chi connectivity index (χ1) is 13.8. The fourth-order valence-electron chi connectivity index (χ4n) is 2.74. The number of aryl methyl sites for hydroxylation is 1. The van der Waals surface area contributed by atoms with Crippen molar-refractivity contribution in [3.63, 3.8) is 0 Å². The van der Waals surface area contributed by atoms with Gasteiger partial charge in [-0.2, -0.15) is 8.78 Å². The number of ether oxygens (including phenoxy) is 3. The van der Waals surface area contributed by atoms with Gasteiger partial charge in [0, 0.05) is 22.0 Å². The van der Waals surface area contributed by atoms with Gasteiger partial charge in [0.15, 0.2) is 11.5 Å². The zero-order valence-electron chi connectivity index (χ0n) is 15.3. The number of fused-ring (bicyclic) bond motifs is 1. The standard InChI is InChI=1S/C20H15ClF2O6/c1-10-6-16-13(8-14(10)21)11(7-17(24)28-16)9-27-19(25)12-4-3-5-15(26-2)18(12)29-20(22)23/h3-8,20H,9H2,1-2H3. The normalized spacial score (nSPS) is 11.0. The molecule has 0 aliphatic rings. The molecule has 0 radical (unpaired) electrons. The number of benzene rings is 2. The van der Waals surface area contributed by atoms with E-state index in [1.54, 1.807) is 19.1 Å². The van der Waals surface area contributed by atoms with E-state index in [2.05, 4.69) is 4.74 Å². The average molecular weight is 425 g/mol. The number of halogens is 3. The van der Waals surface area contributed by atoms with Crippen molar-refractivity contribution >= 4 is 28.5 Å². The van der Waals surface area contributed by atoms with E-state index >= 15 is 0 Å². The summed E-state index contributed by atoms with van der Waals surface area (Å²) in [6.07, 6.45) is 0. The van der Waals surface area contributed by atoms with Gasteiger partial charge in [0.1, 0.15) is 17.8 Å². The topological polar surface area (TPSA) is 75.0 Å². The van der Waals surface area contributed by atoms with Gasteiger partial charge in [-0.05, 0) is 36.8 Å². The second-order valence-electron chi connectivity index (χ2n) is 5.98. The molecule has 29 heavy (non-hydrogen) atoms. The van der Waals surface area contributed by atoms with Crippen LogP contribution in [0.25, 0.3) is 11.0 Å². The molecule has 3 rings (SSSR count). The Bertz CT molecular complexity index is 1130. The van der Waals surface area contributed by atoms with E-state index in [-0.39, 0.29) is 23.5 Å². The highest BCUT2D eigenvalue weighted by atomic mass is 35.5. The van der Waals surface area contributed by atoms with E-state index in [0.717, 1.165) is 0 Å². The summed E-state index contributed by atoms with van der Waals surface area (Å²) in [5.74, 6) is -1.42. The second-order valence-corrected chi connectivity index (χ2v) is 6.39. The SMILES string of the molecule is COc1cccc(C(=O)OCc2cc(=O)oc3cc(C)c(Cl)cc23)c1OC(F)F. The summed E-state index contributed by atoms with van der Waals surface area (Å²) in [5.41, 5.74) is 0.472. The number of esters is 1. The van der Waals surface area contributed by atoms with Crippen molar-refractivity contribution in [2.75, 3.05) is 7.11 Å². The fourth-order valence-corrected chi connectivity index (χ4v) is 2.90. The molecular weight excluding hydrogens is 410 g/mol. The van der Waals surface area contributed by atoms with Crippen LogP contribution in [0, 0.1) is 6.92 Å². The van der Waals surface area contributed by atoms with Crippen molar-refractivity contribution in [3.05, 3.63) is 68.5 Å². The van der Waals surface area contributed by atoms with Gasteiger partial charge in [0.25, 0.3) is 0 Å². The van der Waals surface area contributed by atoms with Gasteiger partial charge in [-0.15, -0.1) is 0 Å². The lowest BCUT2D eigenvalue weighted by molar-refractivity contribution is -0.0518. The number of carbonyl (C=O) groups is 1. The van der Waals surface area contributed by atoms with E-state index in [1.807, 2.05) is 0 Å². The van der Waals surface area contributed by atoms with E-state index in [1.165, 1.54) is 31.4 Å². The van der Waals surface area contributed by atoms with Crippen molar-refractivity contribution in [2.45, 2.75) is 20.1 Å². The van der Waals surface area contributed by atoms with E-state index < -0.39 is 24.0 Å². The summed E-state index contributed by atoms with van der Waals surface area (Å²) < 4.78 is 45.2. The van der Waals surface area contributed by atoms with Crippen LogP contribution in [0.3, 0.4) is 0 Å². The lowest BCUT2D eigenvalue weighted by atomic mass is 10.1. The number of hydrogen-bond donors (Lipinski definition) is 0. The smallest absolute Gasteiger partial charge is 0.387 e. The van der Waals surface area contributed by atoms with Gasteiger partial charge in [0.05, 0.1) is 7.11 Å². The molecule has 9 heteroatoms. The minimum atomic E-state index is -3.16. The van der Waals surface area contributed by atoms with Crippen molar-refractivity contribution in [1.82, 2.24) is 0 Å². The summed E-state index contributed by atoms with van der Waals surface area (Å²) in [4.78, 5) is 24.3. The first-order valence-electron chi connectivity index (χ1n) is 8.32. The number of rotatable bonds is 6. The molecule has 3 aromatic rings. The van der Waals surface area contributed by atoms with E-state index in [9.17, 15) is 18.4 Å². The molecule has 0 saturated heterocycles. The number of carbonyl (C=O) groups excluding carboxylic acids is 1. The number of para-hydroxylation sites is 1. The largest absolute Gasteiger partial charge is 0.493 e. The minimum absolute atomic E-state index is 0.0483. The Kier molecular flexibility index (Phi) is 6.03. The minimum Gasteiger partial charge on any atom is -0.493 e. The quantitative estimate of drug-likeness (QED) is 0.421. The maximum Gasteiger partial charge on any atom is 0.387 e. The summed E-state index contributed by atoms with van der Waals surface area (Å²) in [5, 5.41) is 0.932. The Morgan fingerprint density at radius 1 is 1.24 bits per heavy atom. The molecule has 0 bridgehead atoms. The van der Waals surface area contributed by atoms with E-state index in [0.29, 0.717) is 21.5 Å². The maximum atomic E-state index is 12.7. The van der Waals surface area contributed by atoms with Gasteiger partial charge in [-0.25, -0.2) is 9.59 Å². The lowest BCUT2D eigenvalue weighted by Gasteiger charge is -2.14. The van der Waals surface area contributed by atoms with Gasteiger partial charge in [-0.3, -0.25) is 0 Å². The van der Waals surface area contributed by atoms with Crippen molar-refractivity contribution in [3.8, 4) is 11.5 Å². The zero-order chi connectivity index (χ0) is 21.1. The Labute approximate surface area is 168 Å². The number of alkyl halides is 2. The van der Waals surface area contributed by atoms with Crippen LogP contribution in [-0.4, -0.2) is 19.7 Å². The molecule has 1 aromatic heterocycles. The van der Waals surface area contributed by atoms with Gasteiger partial charge in [0.2, 0.25) is 0 Å². The molecular formula is C20H15ClF2O6. The monoisotopic (exact) mass is 424 g/mol. The highest BCUT2D eigenvalue weighted by Gasteiger charge is 2.22. The number of hydrogen-bond acceptors (Lipinski definition) is 6. The molecule has 0 atom stereocenters. The third kappa shape index (κ3) is 4.48. The van der Waals surface area contributed by atoms with Gasteiger partial charge in [-0.1, -0.05) is 17.7 Å². The molecule has 0 aliphatic carbocycles. The number of methoxy groups -OCH3 is 1. The molecule has 0 amide bonds. The van der Waals surface area contributed by atoms with E-state index in [4.69, 9.17) is 25.5 Å². The summed E-state index contributed by atoms with van der Waals surface area (Å²) in [7, 11) is 1.25. The Hall–Kier alpha value is -3.13. The van der Waals surface area contributed by atoms with Crippen LogP contribution in [-0.2, 0) is 11.3 Å². The van der Waals surface area contributed by atoms with Crippen LogP contribution < -0.4 is 15.1 Å². The summed E-state index contributed by atoms with van der Waals surface area (Å²) in [6.45, 7) is -1.72. The van der Waals surface area contributed by atoms with Crippen LogP contribution >= 0.6 is 11.6 Å². The highest BCUT2D eigenvalue weighted by molar-refractivity contribution is 6.32. The first kappa shape index (κ1) is 20.6. The van der Waals surface area contributed by atoms with Gasteiger partial charge < -0.3 is 18.6 Å². The molecule has 0 unspecified atom stereocenters. The van der Waals surface area contributed by atoms with Crippen molar-refractivity contribution in [1.29, 1.82) is 0 Å². The molecule has 152 valence electrons. The highest BCUT2D eigenvalue weighted by Crippen LogP contribution is 2.33. The maximum absolute atomic E-state index is 12.7. The van der Waals surface area contributed by atoms with Crippen LogP contribution in [0.5, 0.6) is 11.5 Å². The Morgan fingerprint density at radius 2 is 2.00 bits per heavy atom. The average Bonchev–Trinajstić information content (AvgIpc) is 2.67. The van der Waals surface area contributed by atoms with Crippen LogP contribution in [0.15, 0.2) is 45.6 Å². The lowest BCUT2D eigenvalue weighted by Crippen LogP contribution is -2.12. The van der Waals surface area contributed by atoms with Crippen molar-refractivity contribution in [2.24, 2.45) is 0 Å². The summed E-state index contributed by atoms with van der Waals surface area (Å²) >= 11 is 6.13. The summed E-state index contributed by atoms with van der Waals surface area (Å²) in [6, 6.07) is 8.43. The molecule has 0 aliphatic heterocycles. The third-order valence-corrected chi connectivity index (χ3v) is 4.50. The Morgan fingerprint density at radius 3 is 2.69 bits per heavy atom. The van der Waals surface area contributed by atoms with Gasteiger partial charge >= 0.3 is 18.2 Å². The molecule has 2 aromatic carbocycles. The van der Waals surface area contributed by atoms with Crippen molar-refractivity contribution < 1.29 is 32.2 Å². The zero-order valence-corrected chi connectivity index (χ0v) is 16.1. The fraction of sp³-hybridized carbons (Fsp3) is 0.200. The molecule has 1 heterocycles. The molecule has 6 nitrogen and oxygen atoms in total. The third-order valence-electron chi connectivity index (χ3n) is 4.09. The Balaban J connectivity index is 1.92. The molecule has 0 spiro atoms. The molecule has 0 N–H and O–H groups in total. The molecule has 0 fully saturated rings.